The number of sulfonamides is 1. The molecule has 0 saturated heterocycles. The quantitative estimate of drug-likeness (QED) is 0.833. The normalized spacial score (nSPS) is 16.0. The molecule has 1 amide bonds. The van der Waals surface area contributed by atoms with Crippen molar-refractivity contribution in [1.82, 2.24) is 4.72 Å². The summed E-state index contributed by atoms with van der Waals surface area (Å²) < 4.78 is 28.1. The van der Waals surface area contributed by atoms with E-state index >= 15 is 0 Å². The standard InChI is InChI=1S/C19H22N2O3S/c1-15(22)21-17-9-5-10-18(13-17)25(23,24)20-14-19(11-6-12-19)16-7-3-2-4-8-16/h2-5,7-10,13,20H,6,11-12,14H2,1H3,(H,21,22). The van der Waals surface area contributed by atoms with Gasteiger partial charge in [0.25, 0.3) is 0 Å². The van der Waals surface area contributed by atoms with Crippen molar-refractivity contribution in [2.75, 3.05) is 11.9 Å². The molecule has 0 aromatic heterocycles. The number of carbonyl (C=O) groups is 1. The lowest BCUT2D eigenvalue weighted by atomic mass is 9.64. The van der Waals surface area contributed by atoms with Gasteiger partial charge in [0.15, 0.2) is 0 Å². The summed E-state index contributed by atoms with van der Waals surface area (Å²) >= 11 is 0. The minimum atomic E-state index is -3.64. The van der Waals surface area contributed by atoms with Gasteiger partial charge in [0.05, 0.1) is 4.90 Å². The second-order valence-electron chi connectivity index (χ2n) is 6.53. The minimum absolute atomic E-state index is 0.121. The van der Waals surface area contributed by atoms with E-state index in [0.717, 1.165) is 19.3 Å². The number of hydrogen-bond acceptors (Lipinski definition) is 3. The van der Waals surface area contributed by atoms with E-state index < -0.39 is 10.0 Å². The molecule has 2 N–H and O–H groups in total. The Morgan fingerprint density at radius 1 is 1.08 bits per heavy atom. The van der Waals surface area contributed by atoms with Crippen molar-refractivity contribution in [3.05, 3.63) is 60.2 Å². The highest BCUT2D eigenvalue weighted by molar-refractivity contribution is 7.89. The molecule has 132 valence electrons. The number of anilines is 1. The average molecular weight is 358 g/mol. The third-order valence-electron chi connectivity index (χ3n) is 4.76. The van der Waals surface area contributed by atoms with Gasteiger partial charge in [-0.2, -0.15) is 0 Å². The van der Waals surface area contributed by atoms with Gasteiger partial charge in [0.2, 0.25) is 15.9 Å². The van der Waals surface area contributed by atoms with Crippen LogP contribution in [-0.4, -0.2) is 20.9 Å². The van der Waals surface area contributed by atoms with E-state index in [1.807, 2.05) is 18.2 Å². The highest BCUT2D eigenvalue weighted by Gasteiger charge is 2.39. The molecule has 1 saturated carbocycles. The van der Waals surface area contributed by atoms with Gasteiger partial charge in [-0.05, 0) is 36.6 Å². The predicted molar refractivity (Wildman–Crippen MR) is 97.9 cm³/mol. The molecule has 3 rings (SSSR count). The van der Waals surface area contributed by atoms with Crippen LogP contribution in [-0.2, 0) is 20.2 Å². The van der Waals surface area contributed by atoms with Crippen molar-refractivity contribution in [2.45, 2.75) is 36.5 Å². The lowest BCUT2D eigenvalue weighted by Gasteiger charge is -2.42. The van der Waals surface area contributed by atoms with Gasteiger partial charge in [-0.1, -0.05) is 42.8 Å². The SMILES string of the molecule is CC(=O)Nc1cccc(S(=O)(=O)NCC2(c3ccccc3)CCC2)c1. The van der Waals surface area contributed by atoms with Gasteiger partial charge < -0.3 is 5.32 Å². The molecule has 25 heavy (non-hydrogen) atoms. The molecule has 0 radical (unpaired) electrons. The highest BCUT2D eigenvalue weighted by atomic mass is 32.2. The minimum Gasteiger partial charge on any atom is -0.326 e. The average Bonchev–Trinajstić information content (AvgIpc) is 2.54. The third-order valence-corrected chi connectivity index (χ3v) is 6.16. The van der Waals surface area contributed by atoms with Gasteiger partial charge in [-0.3, -0.25) is 4.79 Å². The van der Waals surface area contributed by atoms with Crippen LogP contribution in [0.25, 0.3) is 0 Å². The highest BCUT2D eigenvalue weighted by Crippen LogP contribution is 2.43. The summed E-state index contributed by atoms with van der Waals surface area (Å²) in [5, 5.41) is 2.61. The number of amides is 1. The fraction of sp³-hybridized carbons (Fsp3) is 0.316. The smallest absolute Gasteiger partial charge is 0.240 e. The van der Waals surface area contributed by atoms with E-state index in [-0.39, 0.29) is 16.2 Å². The predicted octanol–water partition coefficient (Wildman–Crippen LogP) is 3.05. The zero-order chi connectivity index (χ0) is 17.9. The van der Waals surface area contributed by atoms with Gasteiger partial charge >= 0.3 is 0 Å². The van der Waals surface area contributed by atoms with Gasteiger partial charge in [-0.15, -0.1) is 0 Å². The summed E-state index contributed by atoms with van der Waals surface area (Å²) in [5.41, 5.74) is 1.52. The molecule has 0 bridgehead atoms. The number of nitrogens with one attached hydrogen (secondary N) is 2. The topological polar surface area (TPSA) is 75.3 Å². The monoisotopic (exact) mass is 358 g/mol. The Bertz CT molecular complexity index is 859. The Balaban J connectivity index is 1.77. The van der Waals surface area contributed by atoms with E-state index in [9.17, 15) is 13.2 Å². The largest absolute Gasteiger partial charge is 0.326 e. The van der Waals surface area contributed by atoms with Gasteiger partial charge in [0, 0.05) is 24.6 Å². The zero-order valence-electron chi connectivity index (χ0n) is 14.2. The molecule has 6 heteroatoms. The lowest BCUT2D eigenvalue weighted by Crippen LogP contribution is -2.45. The number of benzene rings is 2. The number of hydrogen-bond donors (Lipinski definition) is 2. The summed E-state index contributed by atoms with van der Waals surface area (Å²) in [6, 6.07) is 16.3. The molecule has 2 aromatic carbocycles. The summed E-state index contributed by atoms with van der Waals surface area (Å²) in [5.74, 6) is -0.236. The first-order valence-electron chi connectivity index (χ1n) is 8.34. The van der Waals surface area contributed by atoms with Crippen molar-refractivity contribution in [2.24, 2.45) is 0 Å². The van der Waals surface area contributed by atoms with Crippen LogP contribution < -0.4 is 10.0 Å². The van der Waals surface area contributed by atoms with Crippen LogP contribution in [0.3, 0.4) is 0 Å². The molecule has 5 nitrogen and oxygen atoms in total. The maximum absolute atomic E-state index is 12.7. The Kier molecular flexibility index (Phi) is 4.92. The Morgan fingerprint density at radius 2 is 1.80 bits per heavy atom. The second kappa shape index (κ2) is 6.98. The number of carbonyl (C=O) groups excluding carboxylic acids is 1. The first kappa shape index (κ1) is 17.6. The molecular weight excluding hydrogens is 336 g/mol. The van der Waals surface area contributed by atoms with Crippen LogP contribution in [0.2, 0.25) is 0 Å². The third kappa shape index (κ3) is 3.91. The molecule has 1 fully saturated rings. The van der Waals surface area contributed by atoms with Crippen molar-refractivity contribution >= 4 is 21.6 Å². The Hall–Kier alpha value is -2.18. The lowest BCUT2D eigenvalue weighted by molar-refractivity contribution is -0.114. The maximum atomic E-state index is 12.7. The van der Waals surface area contributed by atoms with Gasteiger partial charge in [-0.25, -0.2) is 13.1 Å². The Labute approximate surface area is 148 Å². The summed E-state index contributed by atoms with van der Waals surface area (Å²) in [4.78, 5) is 11.3. The molecule has 0 atom stereocenters. The molecular formula is C19H22N2O3S. The van der Waals surface area contributed by atoms with E-state index in [1.54, 1.807) is 12.1 Å². The van der Waals surface area contributed by atoms with Gasteiger partial charge in [0.1, 0.15) is 0 Å². The molecule has 0 aliphatic heterocycles. The first-order valence-corrected chi connectivity index (χ1v) is 9.83. The van der Waals surface area contributed by atoms with Crippen LogP contribution in [0.4, 0.5) is 5.69 Å². The van der Waals surface area contributed by atoms with Crippen LogP contribution >= 0.6 is 0 Å². The second-order valence-corrected chi connectivity index (χ2v) is 8.30. The summed E-state index contributed by atoms with van der Waals surface area (Å²) in [6.45, 7) is 1.77. The van der Waals surface area contributed by atoms with Crippen LogP contribution in [0.5, 0.6) is 0 Å². The van der Waals surface area contributed by atoms with Crippen molar-refractivity contribution in [3.63, 3.8) is 0 Å². The zero-order valence-corrected chi connectivity index (χ0v) is 15.0. The van der Waals surface area contributed by atoms with E-state index in [0.29, 0.717) is 12.2 Å². The molecule has 1 aliphatic carbocycles. The van der Waals surface area contributed by atoms with Crippen LogP contribution in [0.1, 0.15) is 31.7 Å². The van der Waals surface area contributed by atoms with Crippen molar-refractivity contribution < 1.29 is 13.2 Å². The molecule has 1 aliphatic rings. The maximum Gasteiger partial charge on any atom is 0.240 e. The summed E-state index contributed by atoms with van der Waals surface area (Å²) in [7, 11) is -3.64. The van der Waals surface area contributed by atoms with Crippen LogP contribution in [0.15, 0.2) is 59.5 Å². The van der Waals surface area contributed by atoms with Crippen molar-refractivity contribution in [1.29, 1.82) is 0 Å². The van der Waals surface area contributed by atoms with E-state index in [2.05, 4.69) is 22.2 Å². The molecule has 0 spiro atoms. The summed E-state index contributed by atoms with van der Waals surface area (Å²) in [6.07, 6.45) is 3.06. The molecule has 2 aromatic rings. The first-order chi connectivity index (χ1) is 11.9. The van der Waals surface area contributed by atoms with Crippen molar-refractivity contribution in [3.8, 4) is 0 Å². The fourth-order valence-electron chi connectivity index (χ4n) is 3.22. The van der Waals surface area contributed by atoms with E-state index in [1.165, 1.54) is 24.6 Å². The Morgan fingerprint density at radius 3 is 2.40 bits per heavy atom. The molecule has 0 unspecified atom stereocenters. The fourth-order valence-corrected chi connectivity index (χ4v) is 4.40. The van der Waals surface area contributed by atoms with E-state index in [4.69, 9.17) is 0 Å². The van der Waals surface area contributed by atoms with Crippen LogP contribution in [0, 0.1) is 0 Å². The molecule has 0 heterocycles. The number of rotatable bonds is 6.